The number of ether oxygens (including phenoxy) is 1. The molecule has 0 bridgehead atoms. The number of nitrogens with zero attached hydrogens (tertiary/aromatic N) is 3. The van der Waals surface area contributed by atoms with Gasteiger partial charge < -0.3 is 15.6 Å². The Labute approximate surface area is 117 Å². The van der Waals surface area contributed by atoms with Crippen molar-refractivity contribution in [2.24, 2.45) is 0 Å². The van der Waals surface area contributed by atoms with Crippen LogP contribution in [0.1, 0.15) is 10.4 Å². The summed E-state index contributed by atoms with van der Waals surface area (Å²) in [5.74, 6) is -1.20. The Morgan fingerprint density at radius 3 is 2.42 bits per heavy atom. The first-order valence-corrected chi connectivity index (χ1v) is 5.59. The zero-order valence-electron chi connectivity index (χ0n) is 9.17. The van der Waals surface area contributed by atoms with Crippen LogP contribution in [0.4, 0.5) is 5.69 Å². The van der Waals surface area contributed by atoms with E-state index >= 15 is 0 Å². The van der Waals surface area contributed by atoms with E-state index in [2.05, 4.69) is 15.0 Å². The van der Waals surface area contributed by atoms with Crippen molar-refractivity contribution in [3.8, 4) is 11.8 Å². The van der Waals surface area contributed by atoms with E-state index < -0.39 is 5.97 Å². The van der Waals surface area contributed by atoms with Crippen LogP contribution in [0.3, 0.4) is 0 Å². The largest absolute Gasteiger partial charge is 0.478 e. The Kier molecular flexibility index (Phi) is 3.68. The maximum Gasteiger partial charge on any atom is 0.339 e. The summed E-state index contributed by atoms with van der Waals surface area (Å²) in [4.78, 5) is 21.9. The Balaban J connectivity index is 2.42. The topological polar surface area (TPSA) is 111 Å². The van der Waals surface area contributed by atoms with Crippen LogP contribution >= 0.6 is 23.2 Å². The summed E-state index contributed by atoms with van der Waals surface area (Å²) in [7, 11) is 0. The van der Waals surface area contributed by atoms with Crippen molar-refractivity contribution in [1.29, 1.82) is 0 Å². The number of halogens is 2. The Hall–Kier alpha value is -2.12. The van der Waals surface area contributed by atoms with Gasteiger partial charge in [-0.2, -0.15) is 15.0 Å². The third-order valence-electron chi connectivity index (χ3n) is 2.00. The fraction of sp³-hybridized carbons (Fsp3) is 0. The van der Waals surface area contributed by atoms with E-state index in [9.17, 15) is 4.79 Å². The highest BCUT2D eigenvalue weighted by Gasteiger charge is 2.14. The molecule has 0 aliphatic heterocycles. The van der Waals surface area contributed by atoms with Gasteiger partial charge in [-0.05, 0) is 35.3 Å². The van der Waals surface area contributed by atoms with E-state index in [0.717, 1.165) is 0 Å². The third kappa shape index (κ3) is 3.21. The molecular formula is C10H6Cl2N4O3. The van der Waals surface area contributed by atoms with Gasteiger partial charge in [0.2, 0.25) is 10.6 Å². The number of aromatic carboxylic acids is 1. The van der Waals surface area contributed by atoms with Gasteiger partial charge in [-0.1, -0.05) is 0 Å². The smallest absolute Gasteiger partial charge is 0.339 e. The maximum atomic E-state index is 11.0. The van der Waals surface area contributed by atoms with Gasteiger partial charge in [-0.15, -0.1) is 0 Å². The van der Waals surface area contributed by atoms with Crippen molar-refractivity contribution in [3.05, 3.63) is 34.3 Å². The summed E-state index contributed by atoms with van der Waals surface area (Å²) >= 11 is 11.2. The third-order valence-corrected chi connectivity index (χ3v) is 2.34. The summed E-state index contributed by atoms with van der Waals surface area (Å²) < 4.78 is 5.22. The molecule has 1 aromatic heterocycles. The van der Waals surface area contributed by atoms with Crippen LogP contribution in [-0.4, -0.2) is 26.0 Å². The molecule has 7 nitrogen and oxygen atoms in total. The van der Waals surface area contributed by atoms with Crippen LogP contribution in [0.15, 0.2) is 18.2 Å². The standard InChI is InChI=1S/C10H6Cl2N4O3/c11-8-14-9(12)16-10(15-8)19-6-3-4(13)1-2-5(6)7(17)18/h1-3H,13H2,(H,17,18). The van der Waals surface area contributed by atoms with Crippen LogP contribution < -0.4 is 10.5 Å². The first kappa shape index (κ1) is 13.3. The lowest BCUT2D eigenvalue weighted by Gasteiger charge is -2.07. The molecule has 0 amide bonds. The molecular weight excluding hydrogens is 295 g/mol. The SMILES string of the molecule is Nc1ccc(C(=O)O)c(Oc2nc(Cl)nc(Cl)n2)c1. The second kappa shape index (κ2) is 5.25. The minimum absolute atomic E-state index is 0.0224. The number of hydrogen-bond donors (Lipinski definition) is 2. The van der Waals surface area contributed by atoms with Crippen LogP contribution in [0.25, 0.3) is 0 Å². The van der Waals surface area contributed by atoms with Crippen molar-refractivity contribution in [2.45, 2.75) is 0 Å². The lowest BCUT2D eigenvalue weighted by Crippen LogP contribution is -2.03. The van der Waals surface area contributed by atoms with Gasteiger partial charge in [0.05, 0.1) is 0 Å². The van der Waals surface area contributed by atoms with Gasteiger partial charge in [0.25, 0.3) is 0 Å². The number of carbonyl (C=O) groups is 1. The molecule has 0 atom stereocenters. The molecule has 0 radical (unpaired) electrons. The van der Waals surface area contributed by atoms with Crippen molar-refractivity contribution < 1.29 is 14.6 Å². The number of carboxylic acids is 1. The molecule has 0 unspecified atom stereocenters. The highest BCUT2D eigenvalue weighted by atomic mass is 35.5. The second-order valence-electron chi connectivity index (χ2n) is 3.32. The summed E-state index contributed by atoms with van der Waals surface area (Å²) in [6.45, 7) is 0. The number of aromatic nitrogens is 3. The number of nitrogens with two attached hydrogens (primary N) is 1. The highest BCUT2D eigenvalue weighted by molar-refractivity contribution is 6.31. The van der Waals surface area contributed by atoms with Crippen molar-refractivity contribution >= 4 is 34.9 Å². The Morgan fingerprint density at radius 2 is 1.84 bits per heavy atom. The normalized spacial score (nSPS) is 10.2. The average molecular weight is 301 g/mol. The zero-order valence-corrected chi connectivity index (χ0v) is 10.7. The molecule has 0 fully saturated rings. The predicted molar refractivity (Wildman–Crippen MR) is 67.7 cm³/mol. The molecule has 0 spiro atoms. The quantitative estimate of drug-likeness (QED) is 0.836. The fourth-order valence-corrected chi connectivity index (χ4v) is 1.60. The molecule has 19 heavy (non-hydrogen) atoms. The van der Waals surface area contributed by atoms with Crippen LogP contribution in [-0.2, 0) is 0 Å². The van der Waals surface area contributed by atoms with Crippen LogP contribution in [0.5, 0.6) is 11.8 Å². The second-order valence-corrected chi connectivity index (χ2v) is 3.99. The molecule has 1 aromatic carbocycles. The van der Waals surface area contributed by atoms with Gasteiger partial charge in [0, 0.05) is 11.8 Å². The number of anilines is 1. The number of benzene rings is 1. The Bertz CT molecular complexity index is 630. The lowest BCUT2D eigenvalue weighted by atomic mass is 10.2. The number of carboxylic acid groups (broad SMARTS) is 1. The number of nitrogen functional groups attached to an aromatic ring is 1. The predicted octanol–water partition coefficient (Wildman–Crippen LogP) is 2.25. The first-order chi connectivity index (χ1) is 8.95. The van der Waals surface area contributed by atoms with Gasteiger partial charge in [-0.25, -0.2) is 4.79 Å². The summed E-state index contributed by atoms with van der Waals surface area (Å²) in [6.07, 6.45) is 0. The monoisotopic (exact) mass is 300 g/mol. The fourth-order valence-electron chi connectivity index (χ4n) is 1.25. The van der Waals surface area contributed by atoms with Gasteiger partial charge >= 0.3 is 12.0 Å². The minimum atomic E-state index is -1.18. The van der Waals surface area contributed by atoms with E-state index in [1.54, 1.807) is 0 Å². The first-order valence-electron chi connectivity index (χ1n) is 4.83. The van der Waals surface area contributed by atoms with Crippen molar-refractivity contribution in [1.82, 2.24) is 15.0 Å². The van der Waals surface area contributed by atoms with Gasteiger partial charge in [-0.3, -0.25) is 0 Å². The van der Waals surface area contributed by atoms with Crippen molar-refractivity contribution in [3.63, 3.8) is 0 Å². The number of hydrogen-bond acceptors (Lipinski definition) is 6. The van der Waals surface area contributed by atoms with Gasteiger partial charge in [0.1, 0.15) is 11.3 Å². The lowest BCUT2D eigenvalue weighted by molar-refractivity contribution is 0.0694. The minimum Gasteiger partial charge on any atom is -0.478 e. The summed E-state index contributed by atoms with van der Waals surface area (Å²) in [6, 6.07) is 3.84. The molecule has 0 saturated carbocycles. The maximum absolute atomic E-state index is 11.0. The van der Waals surface area contributed by atoms with E-state index in [0.29, 0.717) is 5.69 Å². The molecule has 0 aliphatic carbocycles. The van der Waals surface area contributed by atoms with E-state index in [1.165, 1.54) is 18.2 Å². The van der Waals surface area contributed by atoms with E-state index in [4.69, 9.17) is 38.8 Å². The molecule has 3 N–H and O–H groups in total. The van der Waals surface area contributed by atoms with Gasteiger partial charge in [0.15, 0.2) is 0 Å². The highest BCUT2D eigenvalue weighted by Crippen LogP contribution is 2.26. The summed E-state index contributed by atoms with van der Waals surface area (Å²) in [5.41, 5.74) is 5.79. The molecule has 2 rings (SSSR count). The molecule has 98 valence electrons. The van der Waals surface area contributed by atoms with Crippen LogP contribution in [0.2, 0.25) is 10.6 Å². The van der Waals surface area contributed by atoms with E-state index in [1.807, 2.05) is 0 Å². The van der Waals surface area contributed by atoms with E-state index in [-0.39, 0.29) is 27.9 Å². The Morgan fingerprint density at radius 1 is 1.21 bits per heavy atom. The molecule has 0 aliphatic rings. The summed E-state index contributed by atoms with van der Waals surface area (Å²) in [5, 5.41) is 8.68. The zero-order chi connectivity index (χ0) is 14.0. The molecule has 0 saturated heterocycles. The van der Waals surface area contributed by atoms with Crippen LogP contribution in [0, 0.1) is 0 Å². The average Bonchev–Trinajstić information content (AvgIpc) is 2.26. The number of rotatable bonds is 3. The van der Waals surface area contributed by atoms with Crippen molar-refractivity contribution in [2.75, 3.05) is 5.73 Å². The molecule has 2 aromatic rings. The molecule has 9 heteroatoms. The molecule has 1 heterocycles.